The summed E-state index contributed by atoms with van der Waals surface area (Å²) < 4.78 is 13.2. The maximum atomic E-state index is 13.2. The first-order valence-electron chi connectivity index (χ1n) is 6.07. The van der Waals surface area contributed by atoms with E-state index in [0.717, 1.165) is 37.4 Å². The molecule has 1 fully saturated rings. The number of hydrogen-bond donors (Lipinski definition) is 1. The van der Waals surface area contributed by atoms with E-state index < -0.39 is 0 Å². The van der Waals surface area contributed by atoms with Crippen LogP contribution in [0.4, 0.5) is 10.1 Å². The second-order valence-electron chi connectivity index (χ2n) is 4.59. The fourth-order valence-corrected chi connectivity index (χ4v) is 2.24. The van der Waals surface area contributed by atoms with Gasteiger partial charge in [-0.05, 0) is 37.9 Å². The minimum atomic E-state index is -0.159. The summed E-state index contributed by atoms with van der Waals surface area (Å²) in [6, 6.07) is 5.07. The third kappa shape index (κ3) is 2.96. The molecule has 94 valence electrons. The van der Waals surface area contributed by atoms with Crippen LogP contribution >= 0.6 is 0 Å². The van der Waals surface area contributed by atoms with Gasteiger partial charge in [-0.15, -0.1) is 0 Å². The smallest absolute Gasteiger partial charge is 0.123 e. The van der Waals surface area contributed by atoms with Gasteiger partial charge in [0.25, 0.3) is 0 Å². The van der Waals surface area contributed by atoms with Gasteiger partial charge in [-0.2, -0.15) is 0 Å². The van der Waals surface area contributed by atoms with Gasteiger partial charge in [0.15, 0.2) is 0 Å². The van der Waals surface area contributed by atoms with Crippen molar-refractivity contribution in [3.63, 3.8) is 0 Å². The standard InChI is InChI=1S/C13H20FN3/c1-15-10-11-9-12(14)3-4-13(11)17-7-5-16(2)6-8-17/h3-4,9,15H,5-8,10H2,1-2H3. The number of anilines is 1. The van der Waals surface area contributed by atoms with Crippen LogP contribution in [0.15, 0.2) is 18.2 Å². The Kier molecular flexibility index (Phi) is 3.97. The molecule has 17 heavy (non-hydrogen) atoms. The third-order valence-electron chi connectivity index (χ3n) is 3.25. The van der Waals surface area contributed by atoms with Crippen LogP contribution in [0.2, 0.25) is 0 Å². The van der Waals surface area contributed by atoms with Crippen LogP contribution in [-0.4, -0.2) is 45.2 Å². The third-order valence-corrected chi connectivity index (χ3v) is 3.25. The molecule has 1 heterocycles. The number of halogens is 1. The first kappa shape index (κ1) is 12.3. The number of nitrogens with zero attached hydrogens (tertiary/aromatic N) is 2. The summed E-state index contributed by atoms with van der Waals surface area (Å²) in [6.07, 6.45) is 0. The zero-order valence-corrected chi connectivity index (χ0v) is 10.5. The van der Waals surface area contributed by atoms with Crippen LogP contribution in [0.1, 0.15) is 5.56 Å². The van der Waals surface area contributed by atoms with Gasteiger partial charge >= 0.3 is 0 Å². The molecule has 0 atom stereocenters. The fraction of sp³-hybridized carbons (Fsp3) is 0.538. The van der Waals surface area contributed by atoms with Gasteiger partial charge in [-0.3, -0.25) is 0 Å². The van der Waals surface area contributed by atoms with Crippen LogP contribution < -0.4 is 10.2 Å². The van der Waals surface area contributed by atoms with Crippen molar-refractivity contribution in [2.75, 3.05) is 45.2 Å². The topological polar surface area (TPSA) is 18.5 Å². The minimum Gasteiger partial charge on any atom is -0.369 e. The first-order chi connectivity index (χ1) is 8.20. The molecule has 1 aliphatic heterocycles. The van der Waals surface area contributed by atoms with E-state index in [0.29, 0.717) is 6.54 Å². The maximum Gasteiger partial charge on any atom is 0.123 e. The van der Waals surface area contributed by atoms with Crippen molar-refractivity contribution in [2.45, 2.75) is 6.54 Å². The summed E-state index contributed by atoms with van der Waals surface area (Å²) in [5.41, 5.74) is 2.20. The van der Waals surface area contributed by atoms with Crippen molar-refractivity contribution in [3.8, 4) is 0 Å². The number of nitrogens with one attached hydrogen (secondary N) is 1. The van der Waals surface area contributed by atoms with Gasteiger partial charge in [-0.25, -0.2) is 4.39 Å². The number of benzene rings is 1. The SMILES string of the molecule is CNCc1cc(F)ccc1N1CCN(C)CC1. The molecule has 0 spiro atoms. The first-order valence-corrected chi connectivity index (χ1v) is 6.07. The largest absolute Gasteiger partial charge is 0.369 e. The van der Waals surface area contributed by atoms with E-state index in [-0.39, 0.29) is 5.82 Å². The fourth-order valence-electron chi connectivity index (χ4n) is 2.24. The van der Waals surface area contributed by atoms with E-state index in [9.17, 15) is 4.39 Å². The predicted octanol–water partition coefficient (Wildman–Crippen LogP) is 1.30. The van der Waals surface area contributed by atoms with E-state index in [2.05, 4.69) is 22.2 Å². The average molecular weight is 237 g/mol. The Morgan fingerprint density at radius 1 is 1.24 bits per heavy atom. The summed E-state index contributed by atoms with van der Waals surface area (Å²) in [5, 5.41) is 3.10. The van der Waals surface area contributed by atoms with Crippen LogP contribution in [-0.2, 0) is 6.54 Å². The van der Waals surface area contributed by atoms with Gasteiger partial charge in [-0.1, -0.05) is 0 Å². The normalized spacial score (nSPS) is 17.5. The van der Waals surface area contributed by atoms with Gasteiger partial charge in [0.2, 0.25) is 0 Å². The van der Waals surface area contributed by atoms with Crippen molar-refractivity contribution in [1.82, 2.24) is 10.2 Å². The zero-order chi connectivity index (χ0) is 12.3. The molecule has 0 aromatic heterocycles. The van der Waals surface area contributed by atoms with E-state index in [1.807, 2.05) is 13.1 Å². The summed E-state index contributed by atoms with van der Waals surface area (Å²) in [6.45, 7) is 4.86. The Balaban J connectivity index is 2.18. The number of hydrogen-bond acceptors (Lipinski definition) is 3. The summed E-state index contributed by atoms with van der Waals surface area (Å²) in [4.78, 5) is 4.66. The van der Waals surface area contributed by atoms with Crippen LogP contribution in [0.25, 0.3) is 0 Å². The van der Waals surface area contributed by atoms with Crippen LogP contribution in [0.5, 0.6) is 0 Å². The Hall–Kier alpha value is -1.13. The van der Waals surface area contributed by atoms with Crippen LogP contribution in [0, 0.1) is 5.82 Å². The lowest BCUT2D eigenvalue weighted by molar-refractivity contribution is 0.312. The maximum absolute atomic E-state index is 13.2. The van der Waals surface area contributed by atoms with E-state index in [1.54, 1.807) is 12.1 Å². The molecule has 1 aromatic rings. The lowest BCUT2D eigenvalue weighted by atomic mass is 10.1. The van der Waals surface area contributed by atoms with Gasteiger partial charge in [0.05, 0.1) is 0 Å². The Bertz CT molecular complexity index is 373. The number of piperazine rings is 1. The second kappa shape index (κ2) is 5.47. The summed E-state index contributed by atoms with van der Waals surface area (Å²) >= 11 is 0. The van der Waals surface area contributed by atoms with E-state index >= 15 is 0 Å². The van der Waals surface area contributed by atoms with E-state index in [4.69, 9.17) is 0 Å². The monoisotopic (exact) mass is 237 g/mol. The molecule has 0 saturated carbocycles. The average Bonchev–Trinajstić information content (AvgIpc) is 2.31. The van der Waals surface area contributed by atoms with Crippen molar-refractivity contribution in [1.29, 1.82) is 0 Å². The highest BCUT2D eigenvalue weighted by Crippen LogP contribution is 2.22. The van der Waals surface area contributed by atoms with Gasteiger partial charge in [0, 0.05) is 38.4 Å². The number of rotatable bonds is 3. The molecular weight excluding hydrogens is 217 g/mol. The molecule has 1 aliphatic rings. The van der Waals surface area contributed by atoms with Crippen molar-refractivity contribution in [3.05, 3.63) is 29.6 Å². The molecule has 0 aliphatic carbocycles. The summed E-state index contributed by atoms with van der Waals surface area (Å²) in [7, 11) is 4.02. The lowest BCUT2D eigenvalue weighted by Crippen LogP contribution is -2.44. The Morgan fingerprint density at radius 3 is 2.59 bits per heavy atom. The molecule has 4 heteroatoms. The highest BCUT2D eigenvalue weighted by Gasteiger charge is 2.16. The molecule has 0 radical (unpaired) electrons. The Morgan fingerprint density at radius 2 is 1.94 bits per heavy atom. The zero-order valence-electron chi connectivity index (χ0n) is 10.5. The van der Waals surface area contributed by atoms with Crippen LogP contribution in [0.3, 0.4) is 0 Å². The molecule has 2 rings (SSSR count). The summed E-state index contributed by atoms with van der Waals surface area (Å²) in [5.74, 6) is -0.159. The molecule has 1 N–H and O–H groups in total. The quantitative estimate of drug-likeness (QED) is 0.855. The highest BCUT2D eigenvalue weighted by atomic mass is 19.1. The number of likely N-dealkylation sites (N-methyl/N-ethyl adjacent to an activating group) is 1. The lowest BCUT2D eigenvalue weighted by Gasteiger charge is -2.35. The molecule has 0 amide bonds. The van der Waals surface area contributed by atoms with Gasteiger partial charge < -0.3 is 15.1 Å². The molecule has 0 bridgehead atoms. The molecule has 1 saturated heterocycles. The minimum absolute atomic E-state index is 0.159. The van der Waals surface area contributed by atoms with Gasteiger partial charge in [0.1, 0.15) is 5.82 Å². The van der Waals surface area contributed by atoms with Crippen molar-refractivity contribution < 1.29 is 4.39 Å². The van der Waals surface area contributed by atoms with E-state index in [1.165, 1.54) is 0 Å². The second-order valence-corrected chi connectivity index (χ2v) is 4.59. The van der Waals surface area contributed by atoms with Crippen molar-refractivity contribution >= 4 is 5.69 Å². The Labute approximate surface area is 102 Å². The predicted molar refractivity (Wildman–Crippen MR) is 68.9 cm³/mol. The molecular formula is C13H20FN3. The van der Waals surface area contributed by atoms with Crippen molar-refractivity contribution in [2.24, 2.45) is 0 Å². The molecule has 0 unspecified atom stereocenters. The molecule has 3 nitrogen and oxygen atoms in total. The molecule has 1 aromatic carbocycles. The highest BCUT2D eigenvalue weighted by molar-refractivity contribution is 5.54.